The van der Waals surface area contributed by atoms with Gasteiger partial charge in [0.05, 0.1) is 0 Å². The maximum Gasteiger partial charge on any atom is 0.244 e. The first-order valence-electron chi connectivity index (χ1n) is 6.80. The molecule has 2 aromatic rings. The van der Waals surface area contributed by atoms with Gasteiger partial charge in [-0.25, -0.2) is 0 Å². The van der Waals surface area contributed by atoms with E-state index in [9.17, 15) is 4.79 Å². The van der Waals surface area contributed by atoms with Gasteiger partial charge in [0.2, 0.25) is 5.91 Å². The van der Waals surface area contributed by atoms with Crippen molar-refractivity contribution in [2.75, 3.05) is 6.54 Å². The van der Waals surface area contributed by atoms with E-state index < -0.39 is 0 Å². The minimum atomic E-state index is -0.0906. The fourth-order valence-electron chi connectivity index (χ4n) is 1.91. The van der Waals surface area contributed by atoms with E-state index in [1.54, 1.807) is 6.08 Å². The van der Waals surface area contributed by atoms with Crippen molar-refractivity contribution in [3.63, 3.8) is 0 Å². The van der Waals surface area contributed by atoms with Crippen LogP contribution in [0.3, 0.4) is 0 Å². The first-order valence-corrected chi connectivity index (χ1v) is 6.80. The Balaban J connectivity index is 1.66. The number of hydrogen-bond acceptors (Lipinski definition) is 2. The van der Waals surface area contributed by atoms with Gasteiger partial charge in [0.15, 0.2) is 0 Å². The second kappa shape index (κ2) is 7.34. The molecule has 20 heavy (non-hydrogen) atoms. The number of carbonyl (C=O) groups is 1. The molecule has 0 aliphatic rings. The Morgan fingerprint density at radius 3 is 2.70 bits per heavy atom. The summed E-state index contributed by atoms with van der Waals surface area (Å²) >= 11 is 0. The van der Waals surface area contributed by atoms with Crippen LogP contribution in [-0.4, -0.2) is 12.5 Å². The molecule has 0 atom stereocenters. The maximum absolute atomic E-state index is 11.6. The molecule has 3 heteroatoms. The van der Waals surface area contributed by atoms with E-state index in [4.69, 9.17) is 4.42 Å². The minimum absolute atomic E-state index is 0.0906. The van der Waals surface area contributed by atoms with Crippen LogP contribution in [0.25, 0.3) is 6.08 Å². The van der Waals surface area contributed by atoms with Crippen LogP contribution in [0.4, 0.5) is 0 Å². The topological polar surface area (TPSA) is 42.2 Å². The lowest BCUT2D eigenvalue weighted by Gasteiger charge is -2.02. The molecule has 0 saturated carbocycles. The Morgan fingerprint density at radius 1 is 1.20 bits per heavy atom. The summed E-state index contributed by atoms with van der Waals surface area (Å²) in [4.78, 5) is 11.6. The summed E-state index contributed by atoms with van der Waals surface area (Å²) in [6, 6.07) is 14.0. The van der Waals surface area contributed by atoms with Gasteiger partial charge in [-0.05, 0) is 43.5 Å². The van der Waals surface area contributed by atoms with Crippen LogP contribution in [0, 0.1) is 6.92 Å². The monoisotopic (exact) mass is 269 g/mol. The Kier molecular flexibility index (Phi) is 5.18. The SMILES string of the molecule is Cc1ccc(/C=C/C(=O)NCCCc2ccccc2)o1. The zero-order valence-corrected chi connectivity index (χ0v) is 11.6. The van der Waals surface area contributed by atoms with Gasteiger partial charge in [0.1, 0.15) is 11.5 Å². The molecule has 0 unspecified atom stereocenters. The highest BCUT2D eigenvalue weighted by Gasteiger charge is 1.97. The Labute approximate surface area is 119 Å². The highest BCUT2D eigenvalue weighted by atomic mass is 16.3. The van der Waals surface area contributed by atoms with Crippen molar-refractivity contribution in [3.8, 4) is 0 Å². The van der Waals surface area contributed by atoms with Gasteiger partial charge in [-0.1, -0.05) is 30.3 Å². The number of hydrogen-bond donors (Lipinski definition) is 1. The zero-order valence-electron chi connectivity index (χ0n) is 11.6. The number of benzene rings is 1. The lowest BCUT2D eigenvalue weighted by atomic mass is 10.1. The van der Waals surface area contributed by atoms with E-state index in [0.717, 1.165) is 18.6 Å². The predicted molar refractivity (Wildman–Crippen MR) is 80.3 cm³/mol. The van der Waals surface area contributed by atoms with Crippen molar-refractivity contribution >= 4 is 12.0 Å². The molecule has 1 aromatic carbocycles. The predicted octanol–water partition coefficient (Wildman–Crippen LogP) is 3.35. The molecule has 1 N–H and O–H groups in total. The van der Waals surface area contributed by atoms with Crippen LogP contribution in [0.2, 0.25) is 0 Å². The minimum Gasteiger partial charge on any atom is -0.462 e. The molecule has 0 spiro atoms. The van der Waals surface area contributed by atoms with Gasteiger partial charge in [-0.3, -0.25) is 4.79 Å². The fraction of sp³-hybridized carbons (Fsp3) is 0.235. The van der Waals surface area contributed by atoms with E-state index in [2.05, 4.69) is 17.4 Å². The van der Waals surface area contributed by atoms with Crippen molar-refractivity contribution in [2.24, 2.45) is 0 Å². The summed E-state index contributed by atoms with van der Waals surface area (Å²) in [5, 5.41) is 2.86. The lowest BCUT2D eigenvalue weighted by Crippen LogP contribution is -2.22. The molecule has 0 saturated heterocycles. The van der Waals surface area contributed by atoms with E-state index in [1.165, 1.54) is 11.6 Å². The second-order valence-corrected chi connectivity index (χ2v) is 4.66. The van der Waals surface area contributed by atoms with Crippen LogP contribution < -0.4 is 5.32 Å². The summed E-state index contributed by atoms with van der Waals surface area (Å²) in [6.45, 7) is 2.55. The van der Waals surface area contributed by atoms with Crippen molar-refractivity contribution in [1.29, 1.82) is 0 Å². The number of aryl methyl sites for hydroxylation is 2. The third-order valence-corrected chi connectivity index (χ3v) is 2.94. The van der Waals surface area contributed by atoms with E-state index in [-0.39, 0.29) is 5.91 Å². The smallest absolute Gasteiger partial charge is 0.244 e. The van der Waals surface area contributed by atoms with E-state index in [0.29, 0.717) is 12.3 Å². The number of amides is 1. The molecule has 2 rings (SSSR count). The van der Waals surface area contributed by atoms with Gasteiger partial charge in [0.25, 0.3) is 0 Å². The van der Waals surface area contributed by atoms with Crippen molar-refractivity contribution in [3.05, 3.63) is 65.6 Å². The molecule has 0 aliphatic heterocycles. The first-order chi connectivity index (χ1) is 9.74. The van der Waals surface area contributed by atoms with Crippen LogP contribution in [0.1, 0.15) is 23.5 Å². The molecule has 1 amide bonds. The molecule has 104 valence electrons. The normalized spacial score (nSPS) is 10.8. The highest BCUT2D eigenvalue weighted by molar-refractivity contribution is 5.91. The van der Waals surface area contributed by atoms with Crippen LogP contribution in [-0.2, 0) is 11.2 Å². The Morgan fingerprint density at radius 2 is 2.00 bits per heavy atom. The van der Waals surface area contributed by atoms with Crippen LogP contribution >= 0.6 is 0 Å². The molecule has 3 nitrogen and oxygen atoms in total. The van der Waals surface area contributed by atoms with Crippen molar-refractivity contribution in [2.45, 2.75) is 19.8 Å². The third-order valence-electron chi connectivity index (χ3n) is 2.94. The molecule has 0 bridgehead atoms. The number of furan rings is 1. The van der Waals surface area contributed by atoms with Crippen molar-refractivity contribution < 1.29 is 9.21 Å². The van der Waals surface area contributed by atoms with Gasteiger partial charge in [-0.15, -0.1) is 0 Å². The zero-order chi connectivity index (χ0) is 14.2. The highest BCUT2D eigenvalue weighted by Crippen LogP contribution is 2.07. The molecule has 1 aromatic heterocycles. The third kappa shape index (κ3) is 4.76. The number of rotatable bonds is 6. The number of nitrogens with one attached hydrogen (secondary N) is 1. The lowest BCUT2D eigenvalue weighted by molar-refractivity contribution is -0.116. The summed E-state index contributed by atoms with van der Waals surface area (Å²) in [6.07, 6.45) is 5.09. The van der Waals surface area contributed by atoms with Gasteiger partial charge in [0, 0.05) is 12.6 Å². The summed E-state index contributed by atoms with van der Waals surface area (Å²) in [5.74, 6) is 1.45. The molecular formula is C17H19NO2. The fourth-order valence-corrected chi connectivity index (χ4v) is 1.91. The van der Waals surface area contributed by atoms with E-state index in [1.807, 2.05) is 37.3 Å². The van der Waals surface area contributed by atoms with Crippen LogP contribution in [0.15, 0.2) is 53.0 Å². The Hall–Kier alpha value is -2.29. The van der Waals surface area contributed by atoms with Crippen LogP contribution in [0.5, 0.6) is 0 Å². The molecular weight excluding hydrogens is 250 g/mol. The van der Waals surface area contributed by atoms with Gasteiger partial charge in [-0.2, -0.15) is 0 Å². The Bertz CT molecular complexity index is 570. The quantitative estimate of drug-likeness (QED) is 0.645. The van der Waals surface area contributed by atoms with Gasteiger partial charge < -0.3 is 9.73 Å². The molecule has 0 fully saturated rings. The standard InChI is InChI=1S/C17H19NO2/c1-14-9-10-16(20-14)11-12-17(19)18-13-5-8-15-6-3-2-4-7-15/h2-4,6-7,9-12H,5,8,13H2,1H3,(H,18,19)/b12-11+. The second-order valence-electron chi connectivity index (χ2n) is 4.66. The average molecular weight is 269 g/mol. The summed E-state index contributed by atoms with van der Waals surface area (Å²) in [5.41, 5.74) is 1.29. The average Bonchev–Trinajstić information content (AvgIpc) is 2.88. The van der Waals surface area contributed by atoms with Crippen molar-refractivity contribution in [1.82, 2.24) is 5.32 Å². The maximum atomic E-state index is 11.6. The van der Waals surface area contributed by atoms with Gasteiger partial charge >= 0.3 is 0 Å². The first kappa shape index (κ1) is 14.1. The molecule has 0 aliphatic carbocycles. The summed E-state index contributed by atoms with van der Waals surface area (Å²) < 4.78 is 5.35. The van der Waals surface area contributed by atoms with E-state index >= 15 is 0 Å². The largest absolute Gasteiger partial charge is 0.462 e. The number of carbonyl (C=O) groups excluding carboxylic acids is 1. The summed E-state index contributed by atoms with van der Waals surface area (Å²) in [7, 11) is 0. The molecule has 1 heterocycles. The molecule has 0 radical (unpaired) electrons.